The van der Waals surface area contributed by atoms with Crippen molar-refractivity contribution < 1.29 is 0 Å². The highest BCUT2D eigenvalue weighted by molar-refractivity contribution is 4.82. The van der Waals surface area contributed by atoms with Gasteiger partial charge in [0.15, 0.2) is 0 Å². The topological polar surface area (TPSA) is 18.5 Å². The van der Waals surface area contributed by atoms with Crippen molar-refractivity contribution in [2.75, 3.05) is 40.3 Å². The maximum atomic E-state index is 3.55. The van der Waals surface area contributed by atoms with E-state index in [1.165, 1.54) is 51.9 Å². The zero-order chi connectivity index (χ0) is 12.3. The normalized spacial score (nSPS) is 36.4. The number of likely N-dealkylation sites (tertiary alicyclic amines) is 1. The predicted octanol–water partition coefficient (Wildman–Crippen LogP) is 1.40. The minimum Gasteiger partial charge on any atom is -0.314 e. The highest BCUT2D eigenvalue weighted by atomic mass is 15.2. The lowest BCUT2D eigenvalue weighted by molar-refractivity contribution is 0.110. The van der Waals surface area contributed by atoms with Gasteiger partial charge in [-0.25, -0.2) is 0 Å². The Morgan fingerprint density at radius 3 is 2.88 bits per heavy atom. The van der Waals surface area contributed by atoms with Crippen LogP contribution in [0.15, 0.2) is 0 Å². The van der Waals surface area contributed by atoms with Crippen molar-refractivity contribution in [2.24, 2.45) is 5.92 Å². The van der Waals surface area contributed by atoms with Crippen molar-refractivity contribution in [3.8, 4) is 0 Å². The first-order valence-electron chi connectivity index (χ1n) is 7.27. The Hall–Kier alpha value is -0.120. The summed E-state index contributed by atoms with van der Waals surface area (Å²) in [6.07, 6.45) is 5.47. The summed E-state index contributed by atoms with van der Waals surface area (Å²) in [7, 11) is 4.59. The molecule has 2 rings (SSSR count). The standard InChI is InChI=1S/C14H29N3/c1-12-9-13(6-7-15-12)10-17(3)14-5-4-8-16(2)11-14/h12-15H,4-11H2,1-3H3. The molecule has 3 atom stereocenters. The van der Waals surface area contributed by atoms with E-state index in [4.69, 9.17) is 0 Å². The van der Waals surface area contributed by atoms with Gasteiger partial charge in [0.25, 0.3) is 0 Å². The van der Waals surface area contributed by atoms with Gasteiger partial charge in [-0.1, -0.05) is 0 Å². The largest absolute Gasteiger partial charge is 0.314 e. The minimum absolute atomic E-state index is 0.719. The Labute approximate surface area is 107 Å². The molecule has 3 heteroatoms. The summed E-state index contributed by atoms with van der Waals surface area (Å²) in [6, 6.07) is 1.51. The molecule has 0 aromatic carbocycles. The van der Waals surface area contributed by atoms with Crippen LogP contribution in [0.25, 0.3) is 0 Å². The molecule has 100 valence electrons. The summed E-state index contributed by atoms with van der Waals surface area (Å²) in [5.74, 6) is 0.906. The van der Waals surface area contributed by atoms with E-state index >= 15 is 0 Å². The van der Waals surface area contributed by atoms with Gasteiger partial charge in [0.05, 0.1) is 0 Å². The van der Waals surface area contributed by atoms with Gasteiger partial charge in [-0.05, 0) is 65.7 Å². The Bertz CT molecular complexity index is 232. The zero-order valence-electron chi connectivity index (χ0n) is 11.8. The summed E-state index contributed by atoms with van der Waals surface area (Å²) in [5.41, 5.74) is 0. The summed E-state index contributed by atoms with van der Waals surface area (Å²) < 4.78 is 0. The lowest BCUT2D eigenvalue weighted by atomic mass is 9.92. The van der Waals surface area contributed by atoms with Crippen LogP contribution in [-0.2, 0) is 0 Å². The first kappa shape index (κ1) is 13.3. The molecule has 2 saturated heterocycles. The quantitative estimate of drug-likeness (QED) is 0.803. The summed E-state index contributed by atoms with van der Waals surface area (Å²) in [5, 5.41) is 3.55. The van der Waals surface area contributed by atoms with Crippen molar-refractivity contribution in [3.63, 3.8) is 0 Å². The molecular formula is C14H29N3. The molecule has 0 amide bonds. The number of nitrogens with one attached hydrogen (secondary N) is 1. The zero-order valence-corrected chi connectivity index (χ0v) is 11.8. The van der Waals surface area contributed by atoms with Crippen LogP contribution in [0.1, 0.15) is 32.6 Å². The fraction of sp³-hybridized carbons (Fsp3) is 1.00. The fourth-order valence-electron chi connectivity index (χ4n) is 3.46. The SMILES string of the molecule is CC1CC(CN(C)C2CCCN(C)C2)CCN1. The number of hydrogen-bond donors (Lipinski definition) is 1. The van der Waals surface area contributed by atoms with Gasteiger partial charge in [-0.3, -0.25) is 0 Å². The van der Waals surface area contributed by atoms with Gasteiger partial charge in [0, 0.05) is 25.2 Å². The van der Waals surface area contributed by atoms with Crippen LogP contribution in [0.4, 0.5) is 0 Å². The molecule has 3 nitrogen and oxygen atoms in total. The van der Waals surface area contributed by atoms with Gasteiger partial charge in [-0.2, -0.15) is 0 Å². The van der Waals surface area contributed by atoms with E-state index in [0.29, 0.717) is 0 Å². The Morgan fingerprint density at radius 1 is 1.35 bits per heavy atom. The van der Waals surface area contributed by atoms with Crippen LogP contribution in [0.5, 0.6) is 0 Å². The van der Waals surface area contributed by atoms with Gasteiger partial charge < -0.3 is 15.1 Å². The predicted molar refractivity (Wildman–Crippen MR) is 73.3 cm³/mol. The van der Waals surface area contributed by atoms with Crippen molar-refractivity contribution in [1.29, 1.82) is 0 Å². The first-order chi connectivity index (χ1) is 8.15. The minimum atomic E-state index is 0.719. The highest BCUT2D eigenvalue weighted by Gasteiger charge is 2.25. The Balaban J connectivity index is 1.77. The maximum absolute atomic E-state index is 3.55. The van der Waals surface area contributed by atoms with Crippen molar-refractivity contribution in [3.05, 3.63) is 0 Å². The monoisotopic (exact) mass is 239 g/mol. The smallest absolute Gasteiger partial charge is 0.0220 e. The van der Waals surface area contributed by atoms with Crippen LogP contribution in [-0.4, -0.2) is 62.2 Å². The van der Waals surface area contributed by atoms with Crippen LogP contribution in [0, 0.1) is 5.92 Å². The van der Waals surface area contributed by atoms with Crippen molar-refractivity contribution in [1.82, 2.24) is 15.1 Å². The van der Waals surface area contributed by atoms with Crippen LogP contribution in [0.2, 0.25) is 0 Å². The molecule has 2 aliphatic rings. The number of piperidine rings is 2. The van der Waals surface area contributed by atoms with E-state index in [0.717, 1.165) is 18.0 Å². The van der Waals surface area contributed by atoms with Crippen LogP contribution >= 0.6 is 0 Å². The van der Waals surface area contributed by atoms with Crippen molar-refractivity contribution >= 4 is 0 Å². The molecule has 0 saturated carbocycles. The summed E-state index contributed by atoms with van der Waals surface area (Å²) in [6.45, 7) is 7.38. The summed E-state index contributed by atoms with van der Waals surface area (Å²) >= 11 is 0. The van der Waals surface area contributed by atoms with E-state index in [-0.39, 0.29) is 0 Å². The van der Waals surface area contributed by atoms with E-state index in [1.807, 2.05) is 0 Å². The second-order valence-corrected chi connectivity index (χ2v) is 6.24. The highest BCUT2D eigenvalue weighted by Crippen LogP contribution is 2.20. The fourth-order valence-corrected chi connectivity index (χ4v) is 3.46. The third kappa shape index (κ3) is 3.94. The number of nitrogens with zero attached hydrogens (tertiary/aromatic N) is 2. The molecule has 2 aliphatic heterocycles. The molecule has 0 aromatic rings. The molecular weight excluding hydrogens is 210 g/mol. The van der Waals surface area contributed by atoms with Gasteiger partial charge in [-0.15, -0.1) is 0 Å². The van der Waals surface area contributed by atoms with Crippen molar-refractivity contribution in [2.45, 2.75) is 44.7 Å². The first-order valence-corrected chi connectivity index (χ1v) is 7.27. The van der Waals surface area contributed by atoms with Gasteiger partial charge in [0.2, 0.25) is 0 Å². The Kier molecular flexibility index (Phi) is 4.83. The van der Waals surface area contributed by atoms with Crippen LogP contribution < -0.4 is 5.32 Å². The molecule has 0 aromatic heterocycles. The van der Waals surface area contributed by atoms with Gasteiger partial charge >= 0.3 is 0 Å². The third-order valence-electron chi connectivity index (χ3n) is 4.50. The van der Waals surface area contributed by atoms with Gasteiger partial charge in [0.1, 0.15) is 0 Å². The second kappa shape index (κ2) is 6.17. The van der Waals surface area contributed by atoms with E-state index in [2.05, 4.69) is 36.1 Å². The molecule has 0 radical (unpaired) electrons. The molecule has 0 spiro atoms. The molecule has 0 bridgehead atoms. The molecule has 2 heterocycles. The number of likely N-dealkylation sites (N-methyl/N-ethyl adjacent to an activating group) is 2. The maximum Gasteiger partial charge on any atom is 0.0220 e. The van der Waals surface area contributed by atoms with E-state index in [1.54, 1.807) is 0 Å². The lowest BCUT2D eigenvalue weighted by Gasteiger charge is -2.39. The molecule has 0 aliphatic carbocycles. The number of hydrogen-bond acceptors (Lipinski definition) is 3. The van der Waals surface area contributed by atoms with E-state index < -0.39 is 0 Å². The number of rotatable bonds is 3. The molecule has 17 heavy (non-hydrogen) atoms. The molecule has 3 unspecified atom stereocenters. The molecule has 2 fully saturated rings. The average Bonchev–Trinajstić information content (AvgIpc) is 2.29. The van der Waals surface area contributed by atoms with Crippen LogP contribution in [0.3, 0.4) is 0 Å². The third-order valence-corrected chi connectivity index (χ3v) is 4.50. The lowest BCUT2D eigenvalue weighted by Crippen LogP contribution is -2.48. The molecule has 1 N–H and O–H groups in total. The van der Waals surface area contributed by atoms with E-state index in [9.17, 15) is 0 Å². The Morgan fingerprint density at radius 2 is 2.18 bits per heavy atom. The average molecular weight is 239 g/mol. The summed E-state index contributed by atoms with van der Waals surface area (Å²) in [4.78, 5) is 5.11. The second-order valence-electron chi connectivity index (χ2n) is 6.24.